The van der Waals surface area contributed by atoms with Crippen molar-refractivity contribution in [3.8, 4) is 0 Å². The Hall–Kier alpha value is -1.85. The molecular weight excluding hydrogens is 378 g/mol. The summed E-state index contributed by atoms with van der Waals surface area (Å²) in [5, 5.41) is 3.44. The number of carbonyl (C=O) groups is 1. The average Bonchev–Trinajstić information content (AvgIpc) is 2.94. The van der Waals surface area contributed by atoms with E-state index in [-0.39, 0.29) is 5.91 Å². The van der Waals surface area contributed by atoms with Crippen molar-refractivity contribution >= 4 is 39.0 Å². The number of hydrogen-bond acceptors (Lipinski definition) is 2. The maximum Gasteiger partial charge on any atom is 0.251 e. The molecule has 0 unspecified atom stereocenters. The number of rotatable bonds is 5. The minimum absolute atomic E-state index is 0.124. The normalized spacial score (nSPS) is 10.9. The Bertz CT molecular complexity index is 826. The van der Waals surface area contributed by atoms with Crippen molar-refractivity contribution < 1.29 is 4.79 Å². The van der Waals surface area contributed by atoms with E-state index in [4.69, 9.17) is 11.6 Å². The number of carbonyl (C=O) groups excluding carboxylic acids is 1. The molecule has 0 aliphatic carbocycles. The van der Waals surface area contributed by atoms with Crippen LogP contribution in [0.5, 0.6) is 0 Å². The van der Waals surface area contributed by atoms with Gasteiger partial charge in [0.1, 0.15) is 5.82 Å². The van der Waals surface area contributed by atoms with Gasteiger partial charge in [-0.15, -0.1) is 0 Å². The predicted octanol–water partition coefficient (Wildman–Crippen LogP) is 4.11. The number of nitrogens with one attached hydrogen (secondary N) is 1. The van der Waals surface area contributed by atoms with Gasteiger partial charge in [0.2, 0.25) is 0 Å². The van der Waals surface area contributed by atoms with Crippen LogP contribution in [0.1, 0.15) is 22.6 Å². The van der Waals surface area contributed by atoms with Crippen LogP contribution in [0.15, 0.2) is 53.3 Å². The largest absolute Gasteiger partial charge is 0.352 e. The second-order valence-corrected chi connectivity index (χ2v) is 6.54. The van der Waals surface area contributed by atoms with E-state index in [2.05, 4.69) is 30.6 Å². The predicted molar refractivity (Wildman–Crippen MR) is 95.0 cm³/mol. The molecule has 118 valence electrons. The van der Waals surface area contributed by atoms with Crippen molar-refractivity contribution in [3.05, 3.63) is 69.7 Å². The topological polar surface area (TPSA) is 46.4 Å². The van der Waals surface area contributed by atoms with Gasteiger partial charge in [0.25, 0.3) is 5.91 Å². The molecule has 0 aliphatic heterocycles. The lowest BCUT2D eigenvalue weighted by atomic mass is 10.2. The van der Waals surface area contributed by atoms with Crippen LogP contribution < -0.4 is 5.32 Å². The lowest BCUT2D eigenvalue weighted by molar-refractivity contribution is 0.0953. The average molecular weight is 393 g/mol. The van der Waals surface area contributed by atoms with E-state index >= 15 is 0 Å². The molecule has 2 heterocycles. The molecule has 0 atom stereocenters. The third kappa shape index (κ3) is 3.92. The van der Waals surface area contributed by atoms with Crippen molar-refractivity contribution in [1.29, 1.82) is 0 Å². The van der Waals surface area contributed by atoms with Crippen molar-refractivity contribution in [2.75, 3.05) is 6.54 Å². The van der Waals surface area contributed by atoms with E-state index in [9.17, 15) is 4.79 Å². The number of aryl methyl sites for hydroxylation is 1. The quantitative estimate of drug-likeness (QED) is 0.664. The molecule has 0 bridgehead atoms. The number of amides is 1. The summed E-state index contributed by atoms with van der Waals surface area (Å²) >= 11 is 9.29. The molecule has 23 heavy (non-hydrogen) atoms. The minimum Gasteiger partial charge on any atom is -0.352 e. The van der Waals surface area contributed by atoms with Crippen LogP contribution in [0.3, 0.4) is 0 Å². The molecule has 1 amide bonds. The van der Waals surface area contributed by atoms with E-state index in [1.54, 1.807) is 18.2 Å². The van der Waals surface area contributed by atoms with Gasteiger partial charge < -0.3 is 9.72 Å². The van der Waals surface area contributed by atoms with Gasteiger partial charge in [0.05, 0.1) is 11.7 Å². The smallest absolute Gasteiger partial charge is 0.251 e. The van der Waals surface area contributed by atoms with E-state index in [0.29, 0.717) is 17.1 Å². The highest BCUT2D eigenvalue weighted by Gasteiger charge is 2.08. The van der Waals surface area contributed by atoms with Gasteiger partial charge in [-0.1, -0.05) is 33.6 Å². The second-order valence-electron chi connectivity index (χ2n) is 5.19. The fraction of sp³-hybridized carbons (Fsp3) is 0.176. The summed E-state index contributed by atoms with van der Waals surface area (Å²) in [6, 6.07) is 11.2. The summed E-state index contributed by atoms with van der Waals surface area (Å²) in [6.45, 7) is 0.588. The third-order valence-electron chi connectivity index (χ3n) is 3.50. The summed E-state index contributed by atoms with van der Waals surface area (Å²) in [7, 11) is 0. The molecule has 6 heteroatoms. The summed E-state index contributed by atoms with van der Waals surface area (Å²) < 4.78 is 2.86. The van der Waals surface area contributed by atoms with Gasteiger partial charge in [0, 0.05) is 34.2 Å². The first kappa shape index (κ1) is 16.0. The number of imidazole rings is 1. The first-order valence-electron chi connectivity index (χ1n) is 7.29. The van der Waals surface area contributed by atoms with Gasteiger partial charge in [-0.25, -0.2) is 4.98 Å². The maximum atomic E-state index is 12.1. The molecule has 0 fully saturated rings. The molecule has 0 radical (unpaired) electrons. The molecule has 3 aromatic rings. The van der Waals surface area contributed by atoms with Crippen LogP contribution in [-0.4, -0.2) is 21.8 Å². The Balaban J connectivity index is 1.54. The monoisotopic (exact) mass is 391 g/mol. The van der Waals surface area contributed by atoms with Crippen LogP contribution >= 0.6 is 27.5 Å². The zero-order valence-corrected chi connectivity index (χ0v) is 14.6. The summed E-state index contributed by atoms with van der Waals surface area (Å²) in [6.07, 6.45) is 5.48. The molecule has 4 nitrogen and oxygen atoms in total. The Morgan fingerprint density at radius 1 is 1.30 bits per heavy atom. The highest BCUT2D eigenvalue weighted by Crippen LogP contribution is 2.19. The van der Waals surface area contributed by atoms with Gasteiger partial charge in [0.15, 0.2) is 0 Å². The molecule has 0 spiro atoms. The van der Waals surface area contributed by atoms with E-state index < -0.39 is 0 Å². The van der Waals surface area contributed by atoms with Crippen molar-refractivity contribution in [1.82, 2.24) is 14.7 Å². The molecule has 1 N–H and O–H groups in total. The molecule has 0 aliphatic rings. The number of benzene rings is 1. The standard InChI is InChI=1S/C17H15BrClN3O/c18-13-8-12(9-14(19)10-13)17(23)20-6-3-5-16-21-11-15-4-1-2-7-22(15)16/h1-2,4,7-11H,3,5-6H2,(H,20,23). The Morgan fingerprint density at radius 3 is 3.00 bits per heavy atom. The number of hydrogen-bond donors (Lipinski definition) is 1. The van der Waals surface area contributed by atoms with Crippen LogP contribution in [0, 0.1) is 0 Å². The number of fused-ring (bicyclic) bond motifs is 1. The van der Waals surface area contributed by atoms with Crippen LogP contribution in [0.4, 0.5) is 0 Å². The summed E-state index contributed by atoms with van der Waals surface area (Å²) in [5.74, 6) is 0.876. The fourth-order valence-corrected chi connectivity index (χ4v) is 3.28. The van der Waals surface area contributed by atoms with Gasteiger partial charge >= 0.3 is 0 Å². The summed E-state index contributed by atoms with van der Waals surface area (Å²) in [4.78, 5) is 16.5. The first-order valence-corrected chi connectivity index (χ1v) is 8.46. The SMILES string of the molecule is O=C(NCCCc1ncc2ccccn12)c1cc(Cl)cc(Br)c1. The number of pyridine rings is 1. The van der Waals surface area contributed by atoms with E-state index in [0.717, 1.165) is 28.7 Å². The van der Waals surface area contributed by atoms with E-state index in [1.165, 1.54) is 0 Å². The Morgan fingerprint density at radius 2 is 2.17 bits per heavy atom. The van der Waals surface area contributed by atoms with Crippen LogP contribution in [-0.2, 0) is 6.42 Å². The van der Waals surface area contributed by atoms with Crippen LogP contribution in [0.25, 0.3) is 5.52 Å². The Labute approximate surface area is 147 Å². The highest BCUT2D eigenvalue weighted by molar-refractivity contribution is 9.10. The lowest BCUT2D eigenvalue weighted by Crippen LogP contribution is -2.24. The van der Waals surface area contributed by atoms with Gasteiger partial charge in [-0.05, 0) is 36.8 Å². The zero-order valence-electron chi connectivity index (χ0n) is 12.3. The molecule has 1 aromatic carbocycles. The molecule has 2 aromatic heterocycles. The number of aromatic nitrogens is 2. The fourth-order valence-electron chi connectivity index (χ4n) is 2.42. The minimum atomic E-state index is -0.124. The first-order chi connectivity index (χ1) is 11.1. The third-order valence-corrected chi connectivity index (χ3v) is 4.18. The lowest BCUT2D eigenvalue weighted by Gasteiger charge is -2.06. The van der Waals surface area contributed by atoms with E-state index in [1.807, 2.05) is 30.6 Å². The molecule has 0 saturated carbocycles. The van der Waals surface area contributed by atoms with Gasteiger partial charge in [-0.3, -0.25) is 4.79 Å². The van der Waals surface area contributed by atoms with Crippen LogP contribution in [0.2, 0.25) is 5.02 Å². The zero-order chi connectivity index (χ0) is 16.2. The van der Waals surface area contributed by atoms with Crippen molar-refractivity contribution in [2.45, 2.75) is 12.8 Å². The molecule has 3 rings (SSSR count). The number of halogens is 2. The second kappa shape index (κ2) is 7.15. The molecular formula is C17H15BrClN3O. The number of nitrogens with zero attached hydrogens (tertiary/aromatic N) is 2. The summed E-state index contributed by atoms with van der Waals surface area (Å²) in [5.41, 5.74) is 1.63. The maximum absolute atomic E-state index is 12.1. The van der Waals surface area contributed by atoms with Crippen molar-refractivity contribution in [2.24, 2.45) is 0 Å². The van der Waals surface area contributed by atoms with Crippen molar-refractivity contribution in [3.63, 3.8) is 0 Å². The van der Waals surface area contributed by atoms with Gasteiger partial charge in [-0.2, -0.15) is 0 Å². The Kier molecular flexibility index (Phi) is 4.98. The molecule has 0 saturated heterocycles. The highest BCUT2D eigenvalue weighted by atomic mass is 79.9.